The molecular formula is C8H15NO3. The molecule has 0 rings (SSSR count). The monoisotopic (exact) mass is 173 g/mol. The molecule has 4 nitrogen and oxygen atoms in total. The van der Waals surface area contributed by atoms with Gasteiger partial charge >= 0.3 is 0 Å². The molecule has 0 aliphatic heterocycles. The summed E-state index contributed by atoms with van der Waals surface area (Å²) in [6, 6.07) is -0.541. The highest BCUT2D eigenvalue weighted by Gasteiger charge is 2.17. The molecule has 0 aromatic rings. The van der Waals surface area contributed by atoms with Crippen LogP contribution in [-0.4, -0.2) is 16.7 Å². The van der Waals surface area contributed by atoms with Gasteiger partial charge in [-0.3, -0.25) is 14.9 Å². The first-order valence-electron chi connectivity index (χ1n) is 4.27. The highest BCUT2D eigenvalue weighted by molar-refractivity contribution is 5.77. The number of hydrogen-bond donors (Lipinski definition) is 0. The van der Waals surface area contributed by atoms with Crippen molar-refractivity contribution in [1.29, 1.82) is 0 Å². The van der Waals surface area contributed by atoms with Gasteiger partial charge in [0.1, 0.15) is 5.78 Å². The fraction of sp³-hybridized carbons (Fsp3) is 0.875. The van der Waals surface area contributed by atoms with Crippen LogP contribution in [0.25, 0.3) is 0 Å². The Bertz CT molecular complexity index is 168. The Hall–Kier alpha value is -0.930. The molecular weight excluding hydrogens is 158 g/mol. The zero-order chi connectivity index (χ0) is 9.56. The minimum Gasteiger partial charge on any atom is -0.300 e. The summed E-state index contributed by atoms with van der Waals surface area (Å²) >= 11 is 0. The molecule has 0 amide bonds. The molecule has 0 aromatic heterocycles. The first-order chi connectivity index (χ1) is 5.61. The molecule has 0 bridgehead atoms. The first kappa shape index (κ1) is 11.1. The predicted molar refractivity (Wildman–Crippen MR) is 45.6 cm³/mol. The summed E-state index contributed by atoms with van der Waals surface area (Å²) < 4.78 is 0. The lowest BCUT2D eigenvalue weighted by atomic mass is 10.1. The van der Waals surface area contributed by atoms with Crippen molar-refractivity contribution in [1.82, 2.24) is 0 Å². The summed E-state index contributed by atoms with van der Waals surface area (Å²) in [5, 5.41) is 10.3. The number of ketones is 1. The van der Waals surface area contributed by atoms with E-state index < -0.39 is 6.04 Å². The molecule has 1 unspecified atom stereocenters. The molecule has 70 valence electrons. The zero-order valence-electron chi connectivity index (χ0n) is 7.58. The second kappa shape index (κ2) is 5.69. The molecule has 1 atom stereocenters. The predicted octanol–water partition coefficient (Wildman–Crippen LogP) is 1.80. The van der Waals surface area contributed by atoms with Crippen LogP contribution in [-0.2, 0) is 4.79 Å². The topological polar surface area (TPSA) is 60.2 Å². The lowest BCUT2D eigenvalue weighted by Gasteiger charge is -2.04. The van der Waals surface area contributed by atoms with E-state index in [1.54, 1.807) is 13.8 Å². The fourth-order valence-electron chi connectivity index (χ4n) is 0.963. The Kier molecular flexibility index (Phi) is 5.25. The highest BCUT2D eigenvalue weighted by atomic mass is 16.6. The van der Waals surface area contributed by atoms with Crippen LogP contribution in [0.1, 0.15) is 39.5 Å². The van der Waals surface area contributed by atoms with E-state index >= 15 is 0 Å². The molecule has 0 radical (unpaired) electrons. The maximum Gasteiger partial charge on any atom is 0.213 e. The van der Waals surface area contributed by atoms with Crippen molar-refractivity contribution < 1.29 is 9.72 Å². The minimum atomic E-state index is -0.541. The molecule has 0 fully saturated rings. The third-order valence-electron chi connectivity index (χ3n) is 1.92. The average Bonchev–Trinajstić information content (AvgIpc) is 2.04. The Morgan fingerprint density at radius 1 is 1.50 bits per heavy atom. The molecule has 12 heavy (non-hydrogen) atoms. The van der Waals surface area contributed by atoms with Crippen molar-refractivity contribution >= 4 is 5.78 Å². The van der Waals surface area contributed by atoms with Crippen LogP contribution in [0.3, 0.4) is 0 Å². The van der Waals surface area contributed by atoms with Gasteiger partial charge in [0, 0.05) is 30.6 Å². The molecule has 0 saturated heterocycles. The molecule has 0 spiro atoms. The number of nitrogens with zero attached hydrogens (tertiary/aromatic N) is 1. The van der Waals surface area contributed by atoms with Gasteiger partial charge < -0.3 is 0 Å². The summed E-state index contributed by atoms with van der Waals surface area (Å²) in [5.41, 5.74) is 0. The normalized spacial score (nSPS) is 12.5. The summed E-state index contributed by atoms with van der Waals surface area (Å²) in [4.78, 5) is 20.9. The van der Waals surface area contributed by atoms with Crippen LogP contribution in [0.2, 0.25) is 0 Å². The molecule has 0 aliphatic rings. The van der Waals surface area contributed by atoms with Gasteiger partial charge in [0.05, 0.1) is 0 Å². The minimum absolute atomic E-state index is 0.107. The molecule has 0 aromatic carbocycles. The van der Waals surface area contributed by atoms with E-state index in [0.717, 1.165) is 0 Å². The van der Waals surface area contributed by atoms with Crippen molar-refractivity contribution in [3.05, 3.63) is 10.1 Å². The zero-order valence-corrected chi connectivity index (χ0v) is 7.58. The van der Waals surface area contributed by atoms with Crippen LogP contribution in [0, 0.1) is 10.1 Å². The number of Topliss-reactive ketones (excluding diaryl/α,β-unsaturated/α-hetero) is 1. The fourth-order valence-corrected chi connectivity index (χ4v) is 0.963. The number of nitro groups is 1. The Balaban J connectivity index is 3.73. The smallest absolute Gasteiger partial charge is 0.213 e. The largest absolute Gasteiger partial charge is 0.300 e. The molecule has 0 N–H and O–H groups in total. The van der Waals surface area contributed by atoms with Crippen molar-refractivity contribution in [3.63, 3.8) is 0 Å². The summed E-state index contributed by atoms with van der Waals surface area (Å²) in [6.45, 7) is 3.54. The van der Waals surface area contributed by atoms with Crippen molar-refractivity contribution in [2.75, 3.05) is 0 Å². The third-order valence-corrected chi connectivity index (χ3v) is 1.92. The van der Waals surface area contributed by atoms with Crippen LogP contribution < -0.4 is 0 Å². The number of rotatable bonds is 6. The molecule has 0 aliphatic carbocycles. The van der Waals surface area contributed by atoms with Crippen molar-refractivity contribution in [3.8, 4) is 0 Å². The lowest BCUT2D eigenvalue weighted by molar-refractivity contribution is -0.523. The van der Waals surface area contributed by atoms with Gasteiger partial charge in [-0.1, -0.05) is 13.8 Å². The van der Waals surface area contributed by atoms with E-state index in [2.05, 4.69) is 0 Å². The summed E-state index contributed by atoms with van der Waals surface area (Å²) in [6.07, 6.45) is 1.71. The van der Waals surface area contributed by atoms with Gasteiger partial charge in [-0.2, -0.15) is 0 Å². The van der Waals surface area contributed by atoms with E-state index in [1.807, 2.05) is 0 Å². The van der Waals surface area contributed by atoms with Gasteiger partial charge in [-0.05, 0) is 0 Å². The van der Waals surface area contributed by atoms with Gasteiger partial charge in [-0.15, -0.1) is 0 Å². The third kappa shape index (κ3) is 4.05. The second-order valence-corrected chi connectivity index (χ2v) is 2.78. The van der Waals surface area contributed by atoms with Gasteiger partial charge in [-0.25, -0.2) is 0 Å². The quantitative estimate of drug-likeness (QED) is 0.454. The average molecular weight is 173 g/mol. The van der Waals surface area contributed by atoms with E-state index in [4.69, 9.17) is 0 Å². The lowest BCUT2D eigenvalue weighted by Crippen LogP contribution is -2.19. The Labute approximate surface area is 72.1 Å². The van der Waals surface area contributed by atoms with E-state index in [9.17, 15) is 14.9 Å². The van der Waals surface area contributed by atoms with Crippen molar-refractivity contribution in [2.45, 2.75) is 45.6 Å². The maximum atomic E-state index is 10.8. The molecule has 4 heteroatoms. The highest BCUT2D eigenvalue weighted by Crippen LogP contribution is 2.06. The van der Waals surface area contributed by atoms with Crippen LogP contribution in [0.4, 0.5) is 0 Å². The van der Waals surface area contributed by atoms with Crippen LogP contribution >= 0.6 is 0 Å². The van der Waals surface area contributed by atoms with E-state index in [-0.39, 0.29) is 10.7 Å². The standard InChI is InChI=1S/C8H15NO3/c1-3-7(9(11)12)5-6-8(10)4-2/h7H,3-6H2,1-2H3. The maximum absolute atomic E-state index is 10.8. The molecule has 0 saturated carbocycles. The van der Waals surface area contributed by atoms with Crippen molar-refractivity contribution in [2.24, 2.45) is 0 Å². The number of carbonyl (C=O) groups excluding carboxylic acids is 1. The van der Waals surface area contributed by atoms with E-state index in [1.165, 1.54) is 0 Å². The van der Waals surface area contributed by atoms with Crippen LogP contribution in [0.15, 0.2) is 0 Å². The Morgan fingerprint density at radius 3 is 2.42 bits per heavy atom. The summed E-state index contributed by atoms with van der Waals surface area (Å²) in [5.74, 6) is 0.107. The molecule has 0 heterocycles. The Morgan fingerprint density at radius 2 is 2.08 bits per heavy atom. The first-order valence-corrected chi connectivity index (χ1v) is 4.27. The SMILES string of the molecule is CCC(=O)CCC(CC)[N+](=O)[O-]. The number of hydrogen-bond acceptors (Lipinski definition) is 3. The van der Waals surface area contributed by atoms with Gasteiger partial charge in [0.25, 0.3) is 0 Å². The van der Waals surface area contributed by atoms with Gasteiger partial charge in [0.2, 0.25) is 6.04 Å². The number of carbonyl (C=O) groups is 1. The summed E-state index contributed by atoms with van der Waals surface area (Å²) in [7, 11) is 0. The van der Waals surface area contributed by atoms with E-state index in [0.29, 0.717) is 25.7 Å². The van der Waals surface area contributed by atoms with Gasteiger partial charge in [0.15, 0.2) is 0 Å². The second-order valence-electron chi connectivity index (χ2n) is 2.78. The van der Waals surface area contributed by atoms with Crippen LogP contribution in [0.5, 0.6) is 0 Å².